The van der Waals surface area contributed by atoms with Crippen molar-refractivity contribution in [3.8, 4) is 24.7 Å². The van der Waals surface area contributed by atoms with E-state index in [-0.39, 0.29) is 11.1 Å². The average Bonchev–Trinajstić information content (AvgIpc) is 2.62. The van der Waals surface area contributed by atoms with E-state index < -0.39 is 17.9 Å². The summed E-state index contributed by atoms with van der Waals surface area (Å²) >= 11 is 0. The highest BCUT2D eigenvalue weighted by Crippen LogP contribution is 2.33. The summed E-state index contributed by atoms with van der Waals surface area (Å²) in [6, 6.07) is 9.45. The van der Waals surface area contributed by atoms with Gasteiger partial charge in [-0.05, 0) is 41.8 Å². The Morgan fingerprint density at radius 2 is 1.32 bits per heavy atom. The SMILES string of the molecule is C#Cc1ccc(C(CC)c2ccc(C#C)cc2C(=O)O)c(C(=O)O)c1. The fraction of sp³-hybridized carbons (Fsp3) is 0.143. The second kappa shape index (κ2) is 7.38. The van der Waals surface area contributed by atoms with Crippen molar-refractivity contribution in [3.63, 3.8) is 0 Å². The van der Waals surface area contributed by atoms with Crippen LogP contribution >= 0.6 is 0 Å². The van der Waals surface area contributed by atoms with Gasteiger partial charge in [0.25, 0.3) is 0 Å². The first kappa shape index (κ1) is 17.8. The highest BCUT2D eigenvalue weighted by atomic mass is 16.4. The van der Waals surface area contributed by atoms with Crippen molar-refractivity contribution in [1.29, 1.82) is 0 Å². The molecule has 0 heterocycles. The molecule has 0 aliphatic rings. The zero-order valence-corrected chi connectivity index (χ0v) is 13.6. The Kier molecular flexibility index (Phi) is 5.27. The average molecular weight is 332 g/mol. The van der Waals surface area contributed by atoms with Crippen LogP contribution in [0, 0.1) is 24.7 Å². The standard InChI is InChI=1S/C21H16O4/c1-4-13-7-9-16(18(11-13)20(22)23)15(6-3)17-10-8-14(5-2)12-19(17)21(24)25/h1-2,7-12,15H,6H2,3H3,(H,22,23)(H,24,25). The van der Waals surface area contributed by atoms with Crippen LogP contribution in [0.15, 0.2) is 36.4 Å². The summed E-state index contributed by atoms with van der Waals surface area (Å²) in [6.45, 7) is 1.87. The smallest absolute Gasteiger partial charge is 0.336 e. The van der Waals surface area contributed by atoms with Crippen LogP contribution in [-0.2, 0) is 0 Å². The number of carbonyl (C=O) groups is 2. The quantitative estimate of drug-likeness (QED) is 0.821. The number of hydrogen-bond acceptors (Lipinski definition) is 2. The topological polar surface area (TPSA) is 74.6 Å². The Hall–Kier alpha value is -3.50. The lowest BCUT2D eigenvalue weighted by atomic mass is 9.83. The number of aromatic carboxylic acids is 2. The lowest BCUT2D eigenvalue weighted by molar-refractivity contribution is 0.0686. The van der Waals surface area contributed by atoms with E-state index in [2.05, 4.69) is 11.8 Å². The van der Waals surface area contributed by atoms with E-state index in [9.17, 15) is 19.8 Å². The molecule has 0 aliphatic carbocycles. The molecule has 0 aromatic heterocycles. The predicted octanol–water partition coefficient (Wildman–Crippen LogP) is 3.59. The summed E-state index contributed by atoms with van der Waals surface area (Å²) in [4.78, 5) is 23.3. The summed E-state index contributed by atoms with van der Waals surface area (Å²) in [7, 11) is 0. The second-order valence-electron chi connectivity index (χ2n) is 5.46. The summed E-state index contributed by atoms with van der Waals surface area (Å²) in [5.41, 5.74) is 2.09. The molecule has 0 amide bonds. The van der Waals surface area contributed by atoms with Crippen molar-refractivity contribution < 1.29 is 19.8 Å². The fourth-order valence-electron chi connectivity index (χ4n) is 2.88. The Balaban J connectivity index is 2.70. The molecule has 25 heavy (non-hydrogen) atoms. The lowest BCUT2D eigenvalue weighted by Gasteiger charge is -2.20. The molecule has 2 N–H and O–H groups in total. The van der Waals surface area contributed by atoms with Crippen molar-refractivity contribution in [2.45, 2.75) is 19.3 Å². The van der Waals surface area contributed by atoms with E-state index >= 15 is 0 Å². The third kappa shape index (κ3) is 3.54. The predicted molar refractivity (Wildman–Crippen MR) is 94.8 cm³/mol. The molecule has 0 saturated heterocycles. The molecule has 0 atom stereocenters. The maximum absolute atomic E-state index is 11.6. The molecule has 0 bridgehead atoms. The molecular weight excluding hydrogens is 316 g/mol. The third-order valence-corrected chi connectivity index (χ3v) is 4.06. The molecule has 0 saturated carbocycles. The molecule has 0 unspecified atom stereocenters. The van der Waals surface area contributed by atoms with Crippen molar-refractivity contribution in [3.05, 3.63) is 69.8 Å². The van der Waals surface area contributed by atoms with E-state index in [4.69, 9.17) is 12.8 Å². The highest BCUT2D eigenvalue weighted by Gasteiger charge is 2.24. The van der Waals surface area contributed by atoms with Gasteiger partial charge in [-0.15, -0.1) is 12.8 Å². The Bertz CT molecular complexity index is 850. The molecule has 0 spiro atoms. The number of rotatable bonds is 5. The van der Waals surface area contributed by atoms with Crippen LogP contribution in [0.2, 0.25) is 0 Å². The van der Waals surface area contributed by atoms with Crippen LogP contribution < -0.4 is 0 Å². The van der Waals surface area contributed by atoms with Crippen LogP contribution in [0.25, 0.3) is 0 Å². The molecule has 0 fully saturated rings. The molecule has 2 aromatic carbocycles. The van der Waals surface area contributed by atoms with E-state index in [0.717, 1.165) is 0 Å². The molecule has 2 aromatic rings. The molecule has 4 nitrogen and oxygen atoms in total. The zero-order chi connectivity index (χ0) is 18.6. The van der Waals surface area contributed by atoms with Crippen molar-refractivity contribution in [2.75, 3.05) is 0 Å². The summed E-state index contributed by atoms with van der Waals surface area (Å²) < 4.78 is 0. The van der Waals surface area contributed by atoms with Gasteiger partial charge in [0.05, 0.1) is 11.1 Å². The highest BCUT2D eigenvalue weighted by molar-refractivity contribution is 5.92. The molecular formula is C21H16O4. The molecule has 0 radical (unpaired) electrons. The number of benzene rings is 2. The minimum Gasteiger partial charge on any atom is -0.478 e. The van der Waals surface area contributed by atoms with Gasteiger partial charge in [-0.1, -0.05) is 30.9 Å². The van der Waals surface area contributed by atoms with Gasteiger partial charge in [-0.2, -0.15) is 0 Å². The lowest BCUT2D eigenvalue weighted by Crippen LogP contribution is -2.13. The van der Waals surface area contributed by atoms with Crippen LogP contribution in [0.4, 0.5) is 0 Å². The Morgan fingerprint density at radius 1 is 0.920 bits per heavy atom. The maximum atomic E-state index is 11.6. The largest absolute Gasteiger partial charge is 0.478 e. The number of carboxylic acids is 2. The van der Waals surface area contributed by atoms with E-state index in [1.54, 1.807) is 24.3 Å². The fourth-order valence-corrected chi connectivity index (χ4v) is 2.88. The van der Waals surface area contributed by atoms with Gasteiger partial charge in [0, 0.05) is 17.0 Å². The van der Waals surface area contributed by atoms with Gasteiger partial charge >= 0.3 is 11.9 Å². The van der Waals surface area contributed by atoms with Crippen LogP contribution in [0.1, 0.15) is 62.2 Å². The van der Waals surface area contributed by atoms with Gasteiger partial charge < -0.3 is 10.2 Å². The van der Waals surface area contributed by atoms with Crippen molar-refractivity contribution in [1.82, 2.24) is 0 Å². The van der Waals surface area contributed by atoms with Crippen molar-refractivity contribution in [2.24, 2.45) is 0 Å². The van der Waals surface area contributed by atoms with Crippen LogP contribution in [-0.4, -0.2) is 22.2 Å². The van der Waals surface area contributed by atoms with E-state index in [1.807, 2.05) is 6.92 Å². The van der Waals surface area contributed by atoms with Gasteiger partial charge in [0.1, 0.15) is 0 Å². The Morgan fingerprint density at radius 3 is 1.60 bits per heavy atom. The van der Waals surface area contributed by atoms with E-state index in [0.29, 0.717) is 28.7 Å². The molecule has 124 valence electrons. The maximum Gasteiger partial charge on any atom is 0.336 e. The second-order valence-corrected chi connectivity index (χ2v) is 5.46. The summed E-state index contributed by atoms with van der Waals surface area (Å²) in [5, 5.41) is 19.1. The van der Waals surface area contributed by atoms with Gasteiger partial charge in [0.2, 0.25) is 0 Å². The van der Waals surface area contributed by atoms with E-state index in [1.165, 1.54) is 12.1 Å². The summed E-state index contributed by atoms with van der Waals surface area (Å²) in [6.07, 6.45) is 11.2. The third-order valence-electron chi connectivity index (χ3n) is 4.06. The molecule has 4 heteroatoms. The minimum atomic E-state index is -1.11. The molecule has 0 aliphatic heterocycles. The first-order valence-electron chi connectivity index (χ1n) is 7.60. The first-order valence-corrected chi connectivity index (χ1v) is 7.60. The zero-order valence-electron chi connectivity index (χ0n) is 13.6. The van der Waals surface area contributed by atoms with Gasteiger partial charge in [-0.25, -0.2) is 9.59 Å². The molecule has 2 rings (SSSR count). The van der Waals surface area contributed by atoms with Crippen molar-refractivity contribution >= 4 is 11.9 Å². The normalized spacial score (nSPS) is 10.1. The number of hydrogen-bond donors (Lipinski definition) is 2. The van der Waals surface area contributed by atoms with Crippen LogP contribution in [0.5, 0.6) is 0 Å². The Labute approximate surface area is 146 Å². The van der Waals surface area contributed by atoms with Gasteiger partial charge in [0.15, 0.2) is 0 Å². The first-order chi connectivity index (χ1) is 11.9. The summed E-state index contributed by atoms with van der Waals surface area (Å²) in [5.74, 6) is 2.20. The van der Waals surface area contributed by atoms with Gasteiger partial charge in [-0.3, -0.25) is 0 Å². The number of terminal acetylenes is 2. The monoisotopic (exact) mass is 332 g/mol. The van der Waals surface area contributed by atoms with Crippen LogP contribution in [0.3, 0.4) is 0 Å². The number of carboxylic acid groups (broad SMARTS) is 2. The minimum absolute atomic E-state index is 0.0691.